The summed E-state index contributed by atoms with van der Waals surface area (Å²) in [6, 6.07) is 0. The number of Topliss-reactive ketones (excluding diaryl/α,β-unsaturated/α-hetero) is 1. The third-order valence-electron chi connectivity index (χ3n) is 7.57. The minimum absolute atomic E-state index is 0.00627. The summed E-state index contributed by atoms with van der Waals surface area (Å²) in [6.45, 7) is 6.47. The van der Waals surface area contributed by atoms with Crippen LogP contribution >= 0.6 is 11.8 Å². The summed E-state index contributed by atoms with van der Waals surface area (Å²) in [5.41, 5.74) is 0.890. The minimum Gasteiger partial charge on any atom is -0.465 e. The lowest BCUT2D eigenvalue weighted by Crippen LogP contribution is -2.51. The van der Waals surface area contributed by atoms with Gasteiger partial charge >= 0.3 is 5.97 Å². The highest BCUT2D eigenvalue weighted by molar-refractivity contribution is 8.17. The molecule has 0 bridgehead atoms. The van der Waals surface area contributed by atoms with Crippen LogP contribution in [0.5, 0.6) is 0 Å². The number of carbonyl (C=O) groups excluding carboxylic acids is 3. The molecule has 1 aliphatic heterocycles. The fraction of sp³-hybridized carbons (Fsp3) is 0.750. The number of thioether (sulfide) groups is 1. The highest BCUT2D eigenvalue weighted by Gasteiger charge is 2.61. The lowest BCUT2D eigenvalue weighted by atomic mass is 9.47. The van der Waals surface area contributed by atoms with Crippen LogP contribution in [0.15, 0.2) is 10.5 Å². The standard InChI is InChI=1S/C20H26O4S/c1-11(21)25-17-14-5-4-12-13(19(14,2)9-7-16(17)22)6-8-20(3)15(12)10-24-18(20)23/h12-13,15H,4-10H2,1-3H3/t12-,13-,15+,19-,20+/m1/s1. The smallest absolute Gasteiger partial charge is 0.312 e. The molecule has 0 aromatic carbocycles. The molecule has 0 N–H and O–H groups in total. The van der Waals surface area contributed by atoms with Crippen LogP contribution in [0.1, 0.15) is 59.3 Å². The third kappa shape index (κ3) is 2.37. The van der Waals surface area contributed by atoms with E-state index in [-0.39, 0.29) is 27.7 Å². The maximum Gasteiger partial charge on any atom is 0.312 e. The van der Waals surface area contributed by atoms with Gasteiger partial charge < -0.3 is 4.74 Å². The number of fused-ring (bicyclic) bond motifs is 5. The number of esters is 1. The normalized spacial score (nSPS) is 43.2. The zero-order valence-corrected chi connectivity index (χ0v) is 16.0. The highest BCUT2D eigenvalue weighted by Crippen LogP contribution is 2.64. The molecular formula is C20H26O4S. The predicted octanol–water partition coefficient (Wildman–Crippen LogP) is 3.89. The van der Waals surface area contributed by atoms with E-state index in [1.807, 2.05) is 0 Å². The lowest BCUT2D eigenvalue weighted by Gasteiger charge is -2.56. The Labute approximate surface area is 153 Å². The first kappa shape index (κ1) is 17.3. The Morgan fingerprint density at radius 1 is 1.08 bits per heavy atom. The van der Waals surface area contributed by atoms with Crippen molar-refractivity contribution in [3.05, 3.63) is 10.5 Å². The van der Waals surface area contributed by atoms with E-state index < -0.39 is 0 Å². The molecule has 5 atom stereocenters. The average Bonchev–Trinajstić information content (AvgIpc) is 2.86. The molecule has 0 amide bonds. The monoisotopic (exact) mass is 362 g/mol. The van der Waals surface area contributed by atoms with E-state index in [0.717, 1.165) is 48.8 Å². The Morgan fingerprint density at radius 2 is 1.84 bits per heavy atom. The van der Waals surface area contributed by atoms with Crippen molar-refractivity contribution in [2.75, 3.05) is 6.61 Å². The van der Waals surface area contributed by atoms with Gasteiger partial charge in [0.25, 0.3) is 0 Å². The molecule has 136 valence electrons. The number of rotatable bonds is 1. The summed E-state index contributed by atoms with van der Waals surface area (Å²) in [6.07, 6.45) is 5.18. The molecule has 0 aromatic rings. The topological polar surface area (TPSA) is 60.4 Å². The van der Waals surface area contributed by atoms with Gasteiger partial charge in [-0.3, -0.25) is 14.4 Å². The van der Waals surface area contributed by atoms with Crippen molar-refractivity contribution >= 4 is 28.6 Å². The van der Waals surface area contributed by atoms with Gasteiger partial charge in [0.1, 0.15) is 0 Å². The van der Waals surface area contributed by atoms with E-state index in [1.165, 1.54) is 12.5 Å². The summed E-state index contributed by atoms with van der Waals surface area (Å²) < 4.78 is 5.46. The predicted molar refractivity (Wildman–Crippen MR) is 95.7 cm³/mol. The van der Waals surface area contributed by atoms with E-state index >= 15 is 0 Å². The number of ether oxygens (including phenoxy) is 1. The van der Waals surface area contributed by atoms with Crippen molar-refractivity contribution in [2.24, 2.45) is 28.6 Å². The maximum absolute atomic E-state index is 12.5. The first-order valence-corrected chi connectivity index (χ1v) is 10.2. The Bertz CT molecular complexity index is 696. The van der Waals surface area contributed by atoms with E-state index in [4.69, 9.17) is 4.74 Å². The zero-order valence-electron chi connectivity index (χ0n) is 15.2. The van der Waals surface area contributed by atoms with Gasteiger partial charge in [0.15, 0.2) is 10.9 Å². The molecule has 4 nitrogen and oxygen atoms in total. The van der Waals surface area contributed by atoms with Crippen LogP contribution in [-0.2, 0) is 19.1 Å². The summed E-state index contributed by atoms with van der Waals surface area (Å²) >= 11 is 1.14. The number of ketones is 1. The van der Waals surface area contributed by atoms with Crippen LogP contribution in [0.2, 0.25) is 0 Å². The quantitative estimate of drug-likeness (QED) is 0.662. The van der Waals surface area contributed by atoms with Crippen molar-refractivity contribution in [1.29, 1.82) is 0 Å². The van der Waals surface area contributed by atoms with Crippen molar-refractivity contribution in [3.63, 3.8) is 0 Å². The summed E-state index contributed by atoms with van der Waals surface area (Å²) in [7, 11) is 0. The molecule has 5 heteroatoms. The number of hydrogen-bond acceptors (Lipinski definition) is 5. The molecule has 25 heavy (non-hydrogen) atoms. The number of cyclic esters (lactones) is 1. The zero-order chi connectivity index (χ0) is 18.0. The number of carbonyl (C=O) groups is 3. The van der Waals surface area contributed by atoms with Crippen molar-refractivity contribution in [1.82, 2.24) is 0 Å². The fourth-order valence-electron chi connectivity index (χ4n) is 6.14. The van der Waals surface area contributed by atoms with Gasteiger partial charge in [0, 0.05) is 19.3 Å². The Kier molecular flexibility index (Phi) is 3.95. The van der Waals surface area contributed by atoms with Gasteiger partial charge in [-0.1, -0.05) is 6.92 Å². The molecule has 4 aliphatic rings. The van der Waals surface area contributed by atoms with Crippen LogP contribution in [0.4, 0.5) is 0 Å². The second kappa shape index (κ2) is 5.70. The van der Waals surface area contributed by atoms with Crippen LogP contribution in [0.25, 0.3) is 0 Å². The fourth-order valence-corrected chi connectivity index (χ4v) is 7.10. The molecule has 0 radical (unpaired) electrons. The molecule has 0 spiro atoms. The van der Waals surface area contributed by atoms with Gasteiger partial charge in [0.05, 0.1) is 16.9 Å². The molecule has 0 aromatic heterocycles. The van der Waals surface area contributed by atoms with E-state index in [2.05, 4.69) is 13.8 Å². The molecule has 1 saturated heterocycles. The molecule has 0 unspecified atom stereocenters. The van der Waals surface area contributed by atoms with Gasteiger partial charge in [-0.2, -0.15) is 0 Å². The van der Waals surface area contributed by atoms with Crippen LogP contribution in [-0.4, -0.2) is 23.5 Å². The first-order chi connectivity index (χ1) is 11.8. The third-order valence-corrected chi connectivity index (χ3v) is 8.53. The van der Waals surface area contributed by atoms with Crippen LogP contribution in [0.3, 0.4) is 0 Å². The van der Waals surface area contributed by atoms with E-state index in [1.54, 1.807) is 0 Å². The second-order valence-electron chi connectivity index (χ2n) is 8.71. The number of hydrogen-bond donors (Lipinski definition) is 0. The second-order valence-corrected chi connectivity index (χ2v) is 9.90. The summed E-state index contributed by atoms with van der Waals surface area (Å²) in [4.78, 5) is 37.1. The Balaban J connectivity index is 1.72. The van der Waals surface area contributed by atoms with Gasteiger partial charge in [-0.25, -0.2) is 0 Å². The van der Waals surface area contributed by atoms with E-state index in [0.29, 0.717) is 30.8 Å². The van der Waals surface area contributed by atoms with Crippen molar-refractivity contribution in [3.8, 4) is 0 Å². The SMILES string of the molecule is CC(=O)SC1=C2CC[C@@H]3[C@@H](CC[C@]4(C)C(=O)OC[C@@H]34)[C@@]2(C)CCC1=O. The Hall–Kier alpha value is -1.10. The van der Waals surface area contributed by atoms with Gasteiger partial charge in [-0.05, 0) is 73.6 Å². The molecule has 2 saturated carbocycles. The lowest BCUT2D eigenvalue weighted by molar-refractivity contribution is -0.148. The van der Waals surface area contributed by atoms with Gasteiger partial charge in [0.2, 0.25) is 0 Å². The molecule has 3 fully saturated rings. The minimum atomic E-state index is -0.319. The molecule has 1 heterocycles. The van der Waals surface area contributed by atoms with Crippen molar-refractivity contribution < 1.29 is 19.1 Å². The van der Waals surface area contributed by atoms with Crippen LogP contribution in [0, 0.1) is 28.6 Å². The largest absolute Gasteiger partial charge is 0.465 e. The van der Waals surface area contributed by atoms with Crippen molar-refractivity contribution in [2.45, 2.75) is 59.3 Å². The van der Waals surface area contributed by atoms with Gasteiger partial charge in [-0.15, -0.1) is 0 Å². The Morgan fingerprint density at radius 3 is 2.56 bits per heavy atom. The molecule has 3 aliphatic carbocycles. The number of allylic oxidation sites excluding steroid dienone is 2. The first-order valence-electron chi connectivity index (χ1n) is 9.40. The van der Waals surface area contributed by atoms with Crippen LogP contribution < -0.4 is 0 Å². The molecular weight excluding hydrogens is 336 g/mol. The summed E-state index contributed by atoms with van der Waals surface area (Å²) in [5.74, 6) is 1.40. The summed E-state index contributed by atoms with van der Waals surface area (Å²) in [5, 5.41) is -0.00627. The van der Waals surface area contributed by atoms with E-state index in [9.17, 15) is 14.4 Å². The average molecular weight is 362 g/mol. The molecule has 4 rings (SSSR count). The maximum atomic E-state index is 12.5. The highest BCUT2D eigenvalue weighted by atomic mass is 32.2.